The molecule has 5 unspecified atom stereocenters. The van der Waals surface area contributed by atoms with Gasteiger partial charge in [-0.05, 0) is 167 Å². The molecule has 0 aliphatic carbocycles. The van der Waals surface area contributed by atoms with Gasteiger partial charge in [-0.2, -0.15) is 0 Å². The van der Waals surface area contributed by atoms with Gasteiger partial charge in [-0.15, -0.1) is 0 Å². The number of phosphoric acid groups is 2. The Balaban J connectivity index is 5.48. The SMILES string of the molecule is CC/C=C\C/C=C\C/C=C\C/C=C\C/C=C\CCCCCC(=O)OCC(COP(=O)(O)OCC(O)COP(=O)(O)OCC(COC(=O)CCCC/C=C\C/C=C\C/C=C\C/C=C\CC)OC(=O)CCCCCCC/C=C\CCCC)OC(=O)CCC/C=C\C/C=C\C/C=C\C/C=C\C/C=C\CC. The Morgan fingerprint density at radius 3 is 0.863 bits per heavy atom. The summed E-state index contributed by atoms with van der Waals surface area (Å²) in [5, 5.41) is 10.6. The van der Waals surface area contributed by atoms with Crippen LogP contribution in [0.15, 0.2) is 182 Å². The number of unbranched alkanes of at least 4 members (excludes halogenated alkanes) is 13. The molecule has 0 saturated carbocycles. The fourth-order valence-electron chi connectivity index (χ4n) is 9.13. The smallest absolute Gasteiger partial charge is 0.462 e. The standard InChI is InChI=1S/C83H132O17P2/c1-5-9-13-17-21-25-29-32-35-37-38-40-42-45-49-52-56-60-64-68-81(86)94-74-79(100-83(88)70-66-62-58-54-50-46-43-39-36-33-30-26-22-18-14-10-6-2)76-98-102(91,92)96-72-77(84)71-95-101(89,90)97-75-78(99-82(87)69-65-61-57-53-47-28-24-20-16-12-8-4)73-93-80(85)67-63-59-55-51-48-44-41-34-31-27-23-19-15-11-7-3/h9-11,13-15,20-27,32-36,38,40-41,43,45-46,48-49,51,54,58,77-79,84H,5-8,12,16-19,28-31,37,39,42,44,47,50,52-53,55-57,59-76H2,1-4H3,(H,89,90)(H,91,92)/b13-9-,14-10-,15-11-,24-20-,25-21-,26-22-,27-23-,35-32-,36-33-,40-38-,41-34-,46-43-,49-45-,51-48-,58-54-. The van der Waals surface area contributed by atoms with Crippen molar-refractivity contribution in [1.29, 1.82) is 0 Å². The van der Waals surface area contributed by atoms with Crippen LogP contribution in [0, 0.1) is 0 Å². The van der Waals surface area contributed by atoms with E-state index in [1.165, 1.54) is 6.42 Å². The van der Waals surface area contributed by atoms with Crippen molar-refractivity contribution in [1.82, 2.24) is 0 Å². The summed E-state index contributed by atoms with van der Waals surface area (Å²) < 4.78 is 68.3. The first-order valence-electron chi connectivity index (χ1n) is 38.0. The number of rotatable bonds is 69. The number of allylic oxidation sites excluding steroid dienone is 30. The molecule has 0 aliphatic heterocycles. The molecule has 0 amide bonds. The van der Waals surface area contributed by atoms with E-state index in [1.807, 2.05) is 12.2 Å². The van der Waals surface area contributed by atoms with Crippen molar-refractivity contribution in [2.75, 3.05) is 39.6 Å². The number of esters is 4. The Morgan fingerprint density at radius 2 is 0.520 bits per heavy atom. The number of aliphatic hydroxyl groups excluding tert-OH is 1. The Hall–Kier alpha value is -5.84. The first kappa shape index (κ1) is 96.2. The molecule has 102 heavy (non-hydrogen) atoms. The van der Waals surface area contributed by atoms with Gasteiger partial charge in [-0.1, -0.05) is 249 Å². The van der Waals surface area contributed by atoms with E-state index in [2.05, 4.69) is 198 Å². The molecule has 0 aromatic carbocycles. The molecule has 576 valence electrons. The first-order valence-corrected chi connectivity index (χ1v) is 41.0. The van der Waals surface area contributed by atoms with Crippen molar-refractivity contribution in [2.24, 2.45) is 0 Å². The van der Waals surface area contributed by atoms with Gasteiger partial charge in [-0.25, -0.2) is 9.13 Å². The Bertz CT molecular complexity index is 2650. The van der Waals surface area contributed by atoms with Crippen LogP contribution in [0.5, 0.6) is 0 Å². The van der Waals surface area contributed by atoms with Crippen LogP contribution < -0.4 is 0 Å². The second-order valence-electron chi connectivity index (χ2n) is 24.4. The summed E-state index contributed by atoms with van der Waals surface area (Å²) >= 11 is 0. The minimum Gasteiger partial charge on any atom is -0.462 e. The van der Waals surface area contributed by atoms with Gasteiger partial charge in [0.15, 0.2) is 12.2 Å². The van der Waals surface area contributed by atoms with Crippen LogP contribution in [-0.4, -0.2) is 96.7 Å². The third kappa shape index (κ3) is 72.5. The number of ether oxygens (including phenoxy) is 4. The lowest BCUT2D eigenvalue weighted by Crippen LogP contribution is -2.30. The van der Waals surface area contributed by atoms with Crippen LogP contribution in [0.25, 0.3) is 0 Å². The van der Waals surface area contributed by atoms with Gasteiger partial charge in [0.25, 0.3) is 0 Å². The van der Waals surface area contributed by atoms with Crippen molar-refractivity contribution in [3.8, 4) is 0 Å². The van der Waals surface area contributed by atoms with Crippen LogP contribution in [0.3, 0.4) is 0 Å². The Morgan fingerprint density at radius 1 is 0.284 bits per heavy atom. The summed E-state index contributed by atoms with van der Waals surface area (Å²) in [5.74, 6) is -2.36. The summed E-state index contributed by atoms with van der Waals surface area (Å²) in [4.78, 5) is 72.8. The quantitative estimate of drug-likeness (QED) is 0.0169. The number of phosphoric ester groups is 2. The largest absolute Gasteiger partial charge is 0.472 e. The Labute approximate surface area is 615 Å². The van der Waals surface area contributed by atoms with Gasteiger partial charge in [0.05, 0.1) is 26.4 Å². The zero-order valence-electron chi connectivity index (χ0n) is 62.7. The second-order valence-corrected chi connectivity index (χ2v) is 27.3. The minimum atomic E-state index is -5.01. The maximum atomic E-state index is 13.1. The topological polar surface area (TPSA) is 237 Å². The molecule has 0 aromatic heterocycles. The lowest BCUT2D eigenvalue weighted by Gasteiger charge is -2.21. The van der Waals surface area contributed by atoms with E-state index < -0.39 is 97.5 Å². The van der Waals surface area contributed by atoms with Crippen molar-refractivity contribution in [3.05, 3.63) is 182 Å². The summed E-state index contributed by atoms with van der Waals surface area (Å²) in [5.41, 5.74) is 0. The van der Waals surface area contributed by atoms with Crippen molar-refractivity contribution < 1.29 is 80.2 Å². The highest BCUT2D eigenvalue weighted by Gasteiger charge is 2.30. The average Bonchev–Trinajstić information content (AvgIpc) is 0.921. The lowest BCUT2D eigenvalue weighted by atomic mass is 10.1. The molecule has 19 heteroatoms. The molecule has 0 aliphatic rings. The van der Waals surface area contributed by atoms with E-state index in [0.717, 1.165) is 167 Å². The van der Waals surface area contributed by atoms with E-state index in [0.29, 0.717) is 32.1 Å². The minimum absolute atomic E-state index is 0.000457. The van der Waals surface area contributed by atoms with Crippen molar-refractivity contribution in [3.63, 3.8) is 0 Å². The first-order chi connectivity index (χ1) is 49.7. The third-order valence-corrected chi connectivity index (χ3v) is 16.7. The van der Waals surface area contributed by atoms with E-state index in [1.54, 1.807) is 0 Å². The van der Waals surface area contributed by atoms with Crippen molar-refractivity contribution in [2.45, 2.75) is 277 Å². The van der Waals surface area contributed by atoms with Crippen molar-refractivity contribution >= 4 is 39.5 Å². The summed E-state index contributed by atoms with van der Waals surface area (Å²) in [7, 11) is -10.0. The van der Waals surface area contributed by atoms with Gasteiger partial charge >= 0.3 is 39.5 Å². The fourth-order valence-corrected chi connectivity index (χ4v) is 10.7. The van der Waals surface area contributed by atoms with E-state index in [9.17, 15) is 43.2 Å². The summed E-state index contributed by atoms with van der Waals surface area (Å²) in [6.07, 6.45) is 87.6. The summed E-state index contributed by atoms with van der Waals surface area (Å²) in [6, 6.07) is 0. The van der Waals surface area contributed by atoms with Gasteiger partial charge in [0, 0.05) is 25.7 Å². The summed E-state index contributed by atoms with van der Waals surface area (Å²) in [6.45, 7) is 4.28. The second kappa shape index (κ2) is 73.5. The highest BCUT2D eigenvalue weighted by molar-refractivity contribution is 7.47. The maximum absolute atomic E-state index is 13.1. The average molecular weight is 1460 g/mol. The number of carbonyl (C=O) groups is 4. The molecule has 0 fully saturated rings. The highest BCUT2D eigenvalue weighted by atomic mass is 31.2. The number of hydrogen-bond acceptors (Lipinski definition) is 15. The van der Waals surface area contributed by atoms with Crippen LogP contribution in [0.4, 0.5) is 0 Å². The molecule has 0 bridgehead atoms. The van der Waals surface area contributed by atoms with E-state index >= 15 is 0 Å². The normalized spacial score (nSPS) is 14.9. The lowest BCUT2D eigenvalue weighted by molar-refractivity contribution is -0.161. The number of aliphatic hydroxyl groups is 1. The van der Waals surface area contributed by atoms with Gasteiger partial charge in [-0.3, -0.25) is 37.3 Å². The van der Waals surface area contributed by atoms with Crippen LogP contribution in [0.2, 0.25) is 0 Å². The van der Waals surface area contributed by atoms with E-state index in [4.69, 9.17) is 37.0 Å². The van der Waals surface area contributed by atoms with Crippen LogP contribution >= 0.6 is 15.6 Å². The Kier molecular flexibility index (Phi) is 69.3. The molecular formula is C83H132O17P2. The molecule has 0 saturated heterocycles. The highest BCUT2D eigenvalue weighted by Crippen LogP contribution is 2.45. The number of carbonyl (C=O) groups excluding carboxylic acids is 4. The van der Waals surface area contributed by atoms with Gasteiger partial charge < -0.3 is 33.8 Å². The monoisotopic (exact) mass is 1460 g/mol. The molecule has 5 atom stereocenters. The maximum Gasteiger partial charge on any atom is 0.472 e. The van der Waals surface area contributed by atoms with Gasteiger partial charge in [0.2, 0.25) is 0 Å². The molecule has 3 N–H and O–H groups in total. The zero-order valence-corrected chi connectivity index (χ0v) is 64.5. The molecule has 0 radical (unpaired) electrons. The molecule has 17 nitrogen and oxygen atoms in total. The van der Waals surface area contributed by atoms with Crippen LogP contribution in [0.1, 0.15) is 259 Å². The third-order valence-electron chi connectivity index (χ3n) is 14.8. The molecule has 0 heterocycles. The molecule has 0 aromatic rings. The van der Waals surface area contributed by atoms with Gasteiger partial charge in [0.1, 0.15) is 19.3 Å². The molecular weight excluding hydrogens is 1330 g/mol. The van der Waals surface area contributed by atoms with Crippen LogP contribution in [-0.2, 0) is 65.4 Å². The number of hydrogen-bond donors (Lipinski definition) is 3. The predicted molar refractivity (Wildman–Crippen MR) is 417 cm³/mol. The molecule has 0 rings (SSSR count). The van der Waals surface area contributed by atoms with E-state index in [-0.39, 0.29) is 25.7 Å². The zero-order chi connectivity index (χ0) is 74.6. The fraction of sp³-hybridized carbons (Fsp3) is 0.590. The molecule has 0 spiro atoms. The predicted octanol–water partition coefficient (Wildman–Crippen LogP) is 22.0.